The van der Waals surface area contributed by atoms with Crippen LogP contribution in [0.3, 0.4) is 0 Å². The lowest BCUT2D eigenvalue weighted by Crippen LogP contribution is -2.15. The summed E-state index contributed by atoms with van der Waals surface area (Å²) >= 11 is 0. The molecule has 110 valence electrons. The number of para-hydroxylation sites is 1. The Morgan fingerprint density at radius 3 is 2.62 bits per heavy atom. The van der Waals surface area contributed by atoms with Gasteiger partial charge in [0, 0.05) is 0 Å². The number of methoxy groups -OCH3 is 1. The van der Waals surface area contributed by atoms with Gasteiger partial charge in [0.15, 0.2) is 0 Å². The van der Waals surface area contributed by atoms with E-state index in [0.29, 0.717) is 18.0 Å². The number of benzene rings is 2. The van der Waals surface area contributed by atoms with Crippen molar-refractivity contribution in [3.8, 4) is 11.5 Å². The maximum atomic E-state index is 11.9. The Kier molecular flexibility index (Phi) is 5.21. The molecule has 2 aromatic rings. The fourth-order valence-corrected chi connectivity index (χ4v) is 1.91. The second-order valence-electron chi connectivity index (χ2n) is 4.66. The van der Waals surface area contributed by atoms with Crippen molar-refractivity contribution in [3.05, 3.63) is 54.1 Å². The molecule has 0 saturated carbocycles. The number of carbonyl (C=O) groups is 1. The summed E-state index contributed by atoms with van der Waals surface area (Å²) in [4.78, 5) is 11.9. The third-order valence-electron chi connectivity index (χ3n) is 2.97. The smallest absolute Gasteiger partial charge is 0.227 e. The van der Waals surface area contributed by atoms with E-state index in [-0.39, 0.29) is 12.3 Å². The monoisotopic (exact) mass is 285 g/mol. The molecule has 0 spiro atoms. The zero-order valence-corrected chi connectivity index (χ0v) is 12.3. The van der Waals surface area contributed by atoms with Crippen molar-refractivity contribution in [3.63, 3.8) is 0 Å². The minimum Gasteiger partial charge on any atom is -0.495 e. The minimum atomic E-state index is -0.102. The van der Waals surface area contributed by atoms with E-state index in [1.165, 1.54) is 0 Å². The van der Waals surface area contributed by atoms with Crippen LogP contribution in [0.25, 0.3) is 0 Å². The molecule has 0 saturated heterocycles. The number of amides is 1. The molecule has 0 radical (unpaired) electrons. The van der Waals surface area contributed by atoms with Crippen LogP contribution in [-0.4, -0.2) is 19.6 Å². The normalized spacial score (nSPS) is 10.0. The molecule has 4 heteroatoms. The molecule has 0 fully saturated rings. The number of carbonyl (C=O) groups excluding carboxylic acids is 1. The van der Waals surface area contributed by atoms with E-state index in [2.05, 4.69) is 5.32 Å². The molecule has 0 heterocycles. The van der Waals surface area contributed by atoms with Crippen molar-refractivity contribution in [1.82, 2.24) is 0 Å². The molecule has 0 bridgehead atoms. The second kappa shape index (κ2) is 7.33. The summed E-state index contributed by atoms with van der Waals surface area (Å²) in [6, 6.07) is 15.1. The molecule has 0 aliphatic rings. The molecule has 4 nitrogen and oxygen atoms in total. The van der Waals surface area contributed by atoms with Crippen LogP contribution in [0.2, 0.25) is 0 Å². The summed E-state index contributed by atoms with van der Waals surface area (Å²) in [6.45, 7) is 2.30. The summed E-state index contributed by atoms with van der Waals surface area (Å²) in [5.74, 6) is 1.31. The maximum Gasteiger partial charge on any atom is 0.227 e. The van der Waals surface area contributed by atoms with Gasteiger partial charge in [0.05, 0.1) is 25.8 Å². The number of aryl methyl sites for hydroxylation is 1. The van der Waals surface area contributed by atoms with Crippen LogP contribution >= 0.6 is 0 Å². The zero-order valence-electron chi connectivity index (χ0n) is 12.3. The second-order valence-corrected chi connectivity index (χ2v) is 4.66. The first-order chi connectivity index (χ1) is 10.2. The van der Waals surface area contributed by atoms with Gasteiger partial charge in [0.1, 0.15) is 11.5 Å². The minimum absolute atomic E-state index is 0.102. The first kappa shape index (κ1) is 14.9. The van der Waals surface area contributed by atoms with Gasteiger partial charge in [-0.3, -0.25) is 4.79 Å². The highest BCUT2D eigenvalue weighted by molar-refractivity contribution is 5.92. The van der Waals surface area contributed by atoms with Crippen molar-refractivity contribution in [1.29, 1.82) is 0 Å². The third kappa shape index (κ3) is 4.53. The molecular formula is C17H19NO3. The lowest BCUT2D eigenvalue weighted by molar-refractivity contribution is -0.116. The van der Waals surface area contributed by atoms with E-state index in [0.717, 1.165) is 11.3 Å². The Morgan fingerprint density at radius 1 is 1.14 bits per heavy atom. The van der Waals surface area contributed by atoms with Gasteiger partial charge >= 0.3 is 0 Å². The van der Waals surface area contributed by atoms with Crippen molar-refractivity contribution in [2.75, 3.05) is 19.0 Å². The van der Waals surface area contributed by atoms with E-state index in [4.69, 9.17) is 9.47 Å². The van der Waals surface area contributed by atoms with Crippen molar-refractivity contribution >= 4 is 11.6 Å². The fraction of sp³-hybridized carbons (Fsp3) is 0.235. The van der Waals surface area contributed by atoms with Gasteiger partial charge in [0.25, 0.3) is 0 Å². The summed E-state index contributed by atoms with van der Waals surface area (Å²) in [6.07, 6.45) is 0.284. The highest BCUT2D eigenvalue weighted by atomic mass is 16.5. The number of anilines is 1. The zero-order chi connectivity index (χ0) is 15.1. The Balaban J connectivity index is 1.86. The van der Waals surface area contributed by atoms with E-state index in [1.807, 2.05) is 55.5 Å². The number of nitrogens with one attached hydrogen (secondary N) is 1. The molecule has 0 unspecified atom stereocenters. The first-order valence-electron chi connectivity index (χ1n) is 6.81. The van der Waals surface area contributed by atoms with E-state index < -0.39 is 0 Å². The summed E-state index contributed by atoms with van der Waals surface area (Å²) in [5.41, 5.74) is 1.74. The van der Waals surface area contributed by atoms with Crippen LogP contribution < -0.4 is 14.8 Å². The molecular weight excluding hydrogens is 266 g/mol. The molecule has 21 heavy (non-hydrogen) atoms. The standard InChI is InChI=1S/C17H19NO3/c1-13-8-9-16(20-2)15(12-13)18-17(19)10-11-21-14-6-4-3-5-7-14/h3-9,12H,10-11H2,1-2H3,(H,18,19). The highest BCUT2D eigenvalue weighted by Crippen LogP contribution is 2.25. The highest BCUT2D eigenvalue weighted by Gasteiger charge is 2.08. The van der Waals surface area contributed by atoms with Gasteiger partial charge in [-0.25, -0.2) is 0 Å². The summed E-state index contributed by atoms with van der Waals surface area (Å²) < 4.78 is 10.7. The predicted octanol–water partition coefficient (Wildman–Crippen LogP) is 3.41. The van der Waals surface area contributed by atoms with E-state index >= 15 is 0 Å². The fourth-order valence-electron chi connectivity index (χ4n) is 1.91. The van der Waals surface area contributed by atoms with Crippen LogP contribution in [0.4, 0.5) is 5.69 Å². The quantitative estimate of drug-likeness (QED) is 0.884. The largest absolute Gasteiger partial charge is 0.495 e. The van der Waals surface area contributed by atoms with Gasteiger partial charge in [-0.2, -0.15) is 0 Å². The SMILES string of the molecule is COc1ccc(C)cc1NC(=O)CCOc1ccccc1. The number of hydrogen-bond acceptors (Lipinski definition) is 3. The van der Waals surface area contributed by atoms with Crippen LogP contribution in [-0.2, 0) is 4.79 Å². The van der Waals surface area contributed by atoms with Crippen molar-refractivity contribution in [2.24, 2.45) is 0 Å². The van der Waals surface area contributed by atoms with Crippen LogP contribution in [0.15, 0.2) is 48.5 Å². The Hall–Kier alpha value is -2.49. The maximum absolute atomic E-state index is 11.9. The predicted molar refractivity (Wildman–Crippen MR) is 82.9 cm³/mol. The van der Waals surface area contributed by atoms with Gasteiger partial charge < -0.3 is 14.8 Å². The molecule has 2 rings (SSSR count). The molecule has 0 aromatic heterocycles. The van der Waals surface area contributed by atoms with Crippen LogP contribution in [0, 0.1) is 6.92 Å². The molecule has 0 aliphatic heterocycles. The molecule has 0 aliphatic carbocycles. The third-order valence-corrected chi connectivity index (χ3v) is 2.97. The molecule has 1 N–H and O–H groups in total. The van der Waals surface area contributed by atoms with Gasteiger partial charge in [0.2, 0.25) is 5.91 Å². The average Bonchev–Trinajstić information content (AvgIpc) is 2.48. The van der Waals surface area contributed by atoms with Crippen LogP contribution in [0.1, 0.15) is 12.0 Å². The summed E-state index contributed by atoms with van der Waals surface area (Å²) in [7, 11) is 1.58. The molecule has 0 atom stereocenters. The molecule has 1 amide bonds. The number of hydrogen-bond donors (Lipinski definition) is 1. The van der Waals surface area contributed by atoms with Gasteiger partial charge in [-0.1, -0.05) is 24.3 Å². The summed E-state index contributed by atoms with van der Waals surface area (Å²) in [5, 5.41) is 2.84. The topological polar surface area (TPSA) is 47.6 Å². The number of rotatable bonds is 6. The first-order valence-corrected chi connectivity index (χ1v) is 6.81. The lowest BCUT2D eigenvalue weighted by Gasteiger charge is -2.11. The molecule has 2 aromatic carbocycles. The van der Waals surface area contributed by atoms with E-state index in [9.17, 15) is 4.79 Å². The van der Waals surface area contributed by atoms with Crippen molar-refractivity contribution in [2.45, 2.75) is 13.3 Å². The van der Waals surface area contributed by atoms with Gasteiger partial charge in [-0.05, 0) is 36.8 Å². The van der Waals surface area contributed by atoms with E-state index in [1.54, 1.807) is 7.11 Å². The Labute approximate surface area is 124 Å². The Bertz CT molecular complexity index is 596. The average molecular weight is 285 g/mol. The Morgan fingerprint density at radius 2 is 1.90 bits per heavy atom. The lowest BCUT2D eigenvalue weighted by atomic mass is 10.2. The van der Waals surface area contributed by atoms with Gasteiger partial charge in [-0.15, -0.1) is 0 Å². The van der Waals surface area contributed by atoms with Crippen LogP contribution in [0.5, 0.6) is 11.5 Å². The number of ether oxygens (including phenoxy) is 2. The van der Waals surface area contributed by atoms with Crippen molar-refractivity contribution < 1.29 is 14.3 Å².